The van der Waals surface area contributed by atoms with Crippen molar-refractivity contribution in [3.8, 4) is 5.75 Å². The first-order valence-corrected chi connectivity index (χ1v) is 7.95. The first kappa shape index (κ1) is 17.3. The molecule has 0 saturated heterocycles. The van der Waals surface area contributed by atoms with Crippen molar-refractivity contribution < 1.29 is 19.1 Å². The van der Waals surface area contributed by atoms with Crippen LogP contribution in [0.15, 0.2) is 53.3 Å². The highest BCUT2D eigenvalue weighted by Gasteiger charge is 2.15. The third-order valence-electron chi connectivity index (χ3n) is 3.73. The summed E-state index contributed by atoms with van der Waals surface area (Å²) < 4.78 is 10.7. The van der Waals surface area contributed by atoms with E-state index in [4.69, 9.17) is 9.47 Å². The molecule has 0 aliphatic heterocycles. The summed E-state index contributed by atoms with van der Waals surface area (Å²) in [6.45, 7) is 1.51. The number of carbonyl (C=O) groups excluding carboxylic acids is 2. The summed E-state index contributed by atoms with van der Waals surface area (Å²) in [5.41, 5.74) is 0.123. The number of rotatable bonds is 6. The molecule has 0 amide bonds. The van der Waals surface area contributed by atoms with Gasteiger partial charge < -0.3 is 9.47 Å². The van der Waals surface area contributed by atoms with Crippen molar-refractivity contribution in [2.75, 3.05) is 13.2 Å². The fourth-order valence-corrected chi connectivity index (χ4v) is 2.51. The molecule has 7 nitrogen and oxygen atoms in total. The van der Waals surface area contributed by atoms with Crippen molar-refractivity contribution in [3.63, 3.8) is 0 Å². The minimum Gasteiger partial charge on any atom is -0.489 e. The van der Waals surface area contributed by atoms with Gasteiger partial charge in [-0.2, -0.15) is 5.10 Å². The van der Waals surface area contributed by atoms with Gasteiger partial charge in [-0.05, 0) is 25.1 Å². The molecule has 3 aromatic rings. The van der Waals surface area contributed by atoms with Gasteiger partial charge in [0.15, 0.2) is 11.5 Å². The summed E-state index contributed by atoms with van der Waals surface area (Å²) in [5, 5.41) is 6.85. The SMILES string of the molecule is CC(=O)c1ccccc1OCCOC(=O)c1n[nH]c(=O)c2ccccc12. The van der Waals surface area contributed by atoms with Crippen molar-refractivity contribution in [2.24, 2.45) is 0 Å². The maximum Gasteiger partial charge on any atom is 0.359 e. The van der Waals surface area contributed by atoms with Crippen molar-refractivity contribution in [3.05, 3.63) is 70.1 Å². The molecule has 0 unspecified atom stereocenters. The van der Waals surface area contributed by atoms with Crippen molar-refractivity contribution in [1.82, 2.24) is 10.2 Å². The lowest BCUT2D eigenvalue weighted by Gasteiger charge is -2.10. The van der Waals surface area contributed by atoms with Gasteiger partial charge in [0.1, 0.15) is 19.0 Å². The third-order valence-corrected chi connectivity index (χ3v) is 3.73. The Kier molecular flexibility index (Phi) is 5.07. The monoisotopic (exact) mass is 352 g/mol. The summed E-state index contributed by atoms with van der Waals surface area (Å²) in [6.07, 6.45) is 0. The molecule has 26 heavy (non-hydrogen) atoms. The van der Waals surface area contributed by atoms with Crippen LogP contribution in [-0.4, -0.2) is 35.2 Å². The van der Waals surface area contributed by atoms with Gasteiger partial charge in [-0.1, -0.05) is 30.3 Å². The lowest BCUT2D eigenvalue weighted by Crippen LogP contribution is -2.18. The van der Waals surface area contributed by atoms with Crippen LogP contribution in [0.2, 0.25) is 0 Å². The molecule has 2 aromatic carbocycles. The van der Waals surface area contributed by atoms with Crippen LogP contribution < -0.4 is 10.3 Å². The number of benzene rings is 2. The van der Waals surface area contributed by atoms with Gasteiger partial charge in [0.25, 0.3) is 5.56 Å². The number of fused-ring (bicyclic) bond motifs is 1. The van der Waals surface area contributed by atoms with Crippen LogP contribution in [0.25, 0.3) is 10.8 Å². The van der Waals surface area contributed by atoms with E-state index >= 15 is 0 Å². The van der Waals surface area contributed by atoms with Gasteiger partial charge in [-0.3, -0.25) is 9.59 Å². The van der Waals surface area contributed by atoms with Crippen LogP contribution in [0.4, 0.5) is 0 Å². The minimum atomic E-state index is -0.666. The second-order valence-corrected chi connectivity index (χ2v) is 5.48. The zero-order chi connectivity index (χ0) is 18.5. The summed E-state index contributed by atoms with van der Waals surface area (Å²) in [4.78, 5) is 35.5. The molecular weight excluding hydrogens is 336 g/mol. The lowest BCUT2D eigenvalue weighted by atomic mass is 10.1. The molecule has 0 atom stereocenters. The number of nitrogens with zero attached hydrogens (tertiary/aromatic N) is 1. The Labute approximate surface area is 148 Å². The molecule has 132 valence electrons. The van der Waals surface area contributed by atoms with E-state index in [-0.39, 0.29) is 30.3 Å². The van der Waals surface area contributed by atoms with E-state index in [1.807, 2.05) is 0 Å². The average molecular weight is 352 g/mol. The predicted octanol–water partition coefficient (Wildman–Crippen LogP) is 2.36. The number of esters is 1. The number of ether oxygens (including phenoxy) is 2. The molecule has 1 N–H and O–H groups in total. The van der Waals surface area contributed by atoms with E-state index in [9.17, 15) is 14.4 Å². The molecule has 0 aliphatic carbocycles. The van der Waals surface area contributed by atoms with Crippen molar-refractivity contribution in [1.29, 1.82) is 0 Å². The largest absolute Gasteiger partial charge is 0.489 e. The molecule has 0 bridgehead atoms. The normalized spacial score (nSPS) is 10.5. The van der Waals surface area contributed by atoms with E-state index < -0.39 is 5.97 Å². The first-order valence-electron chi connectivity index (χ1n) is 7.95. The molecular formula is C19H16N2O5. The van der Waals surface area contributed by atoms with Gasteiger partial charge in [-0.25, -0.2) is 9.89 Å². The zero-order valence-corrected chi connectivity index (χ0v) is 14.0. The number of para-hydroxylation sites is 1. The maximum absolute atomic E-state index is 12.2. The van der Waals surface area contributed by atoms with E-state index in [0.717, 1.165) is 0 Å². The smallest absolute Gasteiger partial charge is 0.359 e. The minimum absolute atomic E-state index is 0.0276. The third kappa shape index (κ3) is 3.61. The van der Waals surface area contributed by atoms with E-state index in [1.165, 1.54) is 6.92 Å². The molecule has 1 aromatic heterocycles. The number of nitrogens with one attached hydrogen (secondary N) is 1. The van der Waals surface area contributed by atoms with Gasteiger partial charge in [0, 0.05) is 5.39 Å². The highest BCUT2D eigenvalue weighted by molar-refractivity contribution is 6.02. The number of aromatic amines is 1. The molecule has 0 radical (unpaired) electrons. The highest BCUT2D eigenvalue weighted by atomic mass is 16.6. The van der Waals surface area contributed by atoms with Crippen molar-refractivity contribution in [2.45, 2.75) is 6.92 Å². The second-order valence-electron chi connectivity index (χ2n) is 5.48. The van der Waals surface area contributed by atoms with Crippen molar-refractivity contribution >= 4 is 22.5 Å². The molecule has 7 heteroatoms. The van der Waals surface area contributed by atoms with Gasteiger partial charge in [-0.15, -0.1) is 0 Å². The Morgan fingerprint density at radius 3 is 2.46 bits per heavy atom. The number of hydrogen-bond acceptors (Lipinski definition) is 6. The van der Waals surface area contributed by atoms with Crippen LogP contribution in [0.1, 0.15) is 27.8 Å². The van der Waals surface area contributed by atoms with Gasteiger partial charge >= 0.3 is 5.97 Å². The molecule has 0 spiro atoms. The van der Waals surface area contributed by atoms with E-state index in [2.05, 4.69) is 10.2 Å². The Morgan fingerprint density at radius 2 is 1.69 bits per heavy atom. The summed E-state index contributed by atoms with van der Waals surface area (Å²) in [6, 6.07) is 13.5. The summed E-state index contributed by atoms with van der Waals surface area (Å²) >= 11 is 0. The van der Waals surface area contributed by atoms with Crippen LogP contribution in [0.5, 0.6) is 5.75 Å². The molecule has 3 rings (SSSR count). The van der Waals surface area contributed by atoms with Crippen LogP contribution in [-0.2, 0) is 4.74 Å². The van der Waals surface area contributed by atoms with Crippen LogP contribution >= 0.6 is 0 Å². The molecule has 0 saturated carbocycles. The first-order chi connectivity index (χ1) is 12.6. The summed E-state index contributed by atoms with van der Waals surface area (Å²) in [5.74, 6) is -0.342. The van der Waals surface area contributed by atoms with Crippen LogP contribution in [0, 0.1) is 0 Å². The Morgan fingerprint density at radius 1 is 1.00 bits per heavy atom. The topological polar surface area (TPSA) is 98.3 Å². The van der Waals surface area contributed by atoms with Crippen LogP contribution in [0.3, 0.4) is 0 Å². The standard InChI is InChI=1S/C19H16N2O5/c1-12(22)13-6-4-5-9-16(13)25-10-11-26-19(24)17-14-7-2-3-8-15(14)18(23)21-20-17/h2-9H,10-11H2,1H3,(H,21,23). The van der Waals surface area contributed by atoms with Gasteiger partial charge in [0.2, 0.25) is 0 Å². The Balaban J connectivity index is 1.65. The number of Topliss-reactive ketones (excluding diaryl/α,β-unsaturated/α-hetero) is 1. The maximum atomic E-state index is 12.2. The number of hydrogen-bond donors (Lipinski definition) is 1. The molecule has 1 heterocycles. The number of carbonyl (C=O) groups is 2. The van der Waals surface area contributed by atoms with E-state index in [0.29, 0.717) is 22.1 Å². The predicted molar refractivity (Wildman–Crippen MR) is 94.6 cm³/mol. The Bertz CT molecular complexity index is 1030. The zero-order valence-electron chi connectivity index (χ0n) is 14.0. The molecule has 0 fully saturated rings. The van der Waals surface area contributed by atoms with Gasteiger partial charge in [0.05, 0.1) is 10.9 Å². The highest BCUT2D eigenvalue weighted by Crippen LogP contribution is 2.18. The quantitative estimate of drug-likeness (QED) is 0.415. The Hall–Kier alpha value is -3.48. The number of ketones is 1. The van der Waals surface area contributed by atoms with E-state index in [1.54, 1.807) is 48.5 Å². The summed E-state index contributed by atoms with van der Waals surface area (Å²) in [7, 11) is 0. The lowest BCUT2D eigenvalue weighted by molar-refractivity contribution is 0.0443. The fraction of sp³-hybridized carbons (Fsp3) is 0.158. The number of aromatic nitrogens is 2. The molecule has 0 aliphatic rings. The average Bonchev–Trinajstić information content (AvgIpc) is 2.66. The number of H-pyrrole nitrogens is 1. The fourth-order valence-electron chi connectivity index (χ4n) is 2.51. The second kappa shape index (κ2) is 7.60.